The quantitative estimate of drug-likeness (QED) is 0.520. The fraction of sp³-hybridized carbons (Fsp3) is 0.304. The molecule has 1 atom stereocenters. The number of likely N-dealkylation sites (N-methyl/N-ethyl adjacent to an activating group) is 1. The van der Waals surface area contributed by atoms with Crippen LogP contribution in [0.2, 0.25) is 0 Å². The molecule has 2 aromatic carbocycles. The third kappa shape index (κ3) is 3.72. The summed E-state index contributed by atoms with van der Waals surface area (Å²) in [6.45, 7) is 3.28. The van der Waals surface area contributed by atoms with E-state index in [-0.39, 0.29) is 11.3 Å². The molecule has 0 aromatic heterocycles. The van der Waals surface area contributed by atoms with Crippen molar-refractivity contribution in [1.82, 2.24) is 4.90 Å². The molecular formula is C23H21F3N2O3. The number of methoxy groups -OCH3 is 1. The van der Waals surface area contributed by atoms with Crippen LogP contribution in [0.1, 0.15) is 37.0 Å². The van der Waals surface area contributed by atoms with Crippen LogP contribution in [0.3, 0.4) is 0 Å². The number of ether oxygens (including phenoxy) is 1. The molecule has 0 bridgehead atoms. The monoisotopic (exact) mass is 430 g/mol. The van der Waals surface area contributed by atoms with Gasteiger partial charge < -0.3 is 9.64 Å². The normalized spacial score (nSPS) is 18.8. The molecule has 162 valence electrons. The van der Waals surface area contributed by atoms with E-state index in [1.54, 1.807) is 38.1 Å². The zero-order valence-corrected chi connectivity index (χ0v) is 17.5. The number of urea groups is 1. The Morgan fingerprint density at radius 1 is 1.10 bits per heavy atom. The van der Waals surface area contributed by atoms with Gasteiger partial charge in [0, 0.05) is 19.0 Å². The van der Waals surface area contributed by atoms with Crippen LogP contribution in [0.4, 0.5) is 23.7 Å². The second-order valence-electron chi connectivity index (χ2n) is 7.17. The molecule has 0 spiro atoms. The molecule has 0 radical (unpaired) electrons. The predicted molar refractivity (Wildman–Crippen MR) is 110 cm³/mol. The Hall–Kier alpha value is -3.47. The number of benzene rings is 2. The Kier molecular flexibility index (Phi) is 5.72. The molecule has 3 amide bonds. The molecule has 2 aromatic rings. The molecule has 1 unspecified atom stereocenters. The van der Waals surface area contributed by atoms with E-state index >= 15 is 0 Å². The number of alkyl halides is 3. The minimum absolute atomic E-state index is 0.159. The SMILES string of the molecule is CCC#Cc1ccc(N2C(=O)N(C)C(C)(c3ccc(OC)cc3)C2=O)cc1C(F)(F)F. The number of rotatable bonds is 3. The highest BCUT2D eigenvalue weighted by Crippen LogP contribution is 2.41. The number of amides is 3. The van der Waals surface area contributed by atoms with Gasteiger partial charge in [-0.25, -0.2) is 9.69 Å². The van der Waals surface area contributed by atoms with E-state index in [2.05, 4.69) is 11.8 Å². The fourth-order valence-corrected chi connectivity index (χ4v) is 3.45. The van der Waals surface area contributed by atoms with E-state index in [1.165, 1.54) is 31.2 Å². The maximum atomic E-state index is 13.6. The number of anilines is 1. The van der Waals surface area contributed by atoms with E-state index < -0.39 is 29.2 Å². The van der Waals surface area contributed by atoms with Crippen LogP contribution >= 0.6 is 0 Å². The van der Waals surface area contributed by atoms with E-state index in [4.69, 9.17) is 4.74 Å². The van der Waals surface area contributed by atoms with Crippen molar-refractivity contribution < 1.29 is 27.5 Å². The van der Waals surface area contributed by atoms with Gasteiger partial charge >= 0.3 is 12.2 Å². The van der Waals surface area contributed by atoms with Gasteiger partial charge in [-0.15, -0.1) is 0 Å². The summed E-state index contributed by atoms with van der Waals surface area (Å²) in [6.07, 6.45) is -4.29. The summed E-state index contributed by atoms with van der Waals surface area (Å²) in [4.78, 5) is 28.3. The highest BCUT2D eigenvalue weighted by atomic mass is 19.4. The molecule has 0 aliphatic carbocycles. The van der Waals surface area contributed by atoms with Crippen molar-refractivity contribution in [2.45, 2.75) is 32.0 Å². The van der Waals surface area contributed by atoms with Crippen molar-refractivity contribution in [3.05, 3.63) is 59.2 Å². The molecule has 1 heterocycles. The molecule has 0 saturated carbocycles. The third-order valence-electron chi connectivity index (χ3n) is 5.39. The fourth-order valence-electron chi connectivity index (χ4n) is 3.45. The van der Waals surface area contributed by atoms with Crippen LogP contribution in [-0.2, 0) is 16.5 Å². The number of carbonyl (C=O) groups is 2. The van der Waals surface area contributed by atoms with Gasteiger partial charge in [-0.3, -0.25) is 4.79 Å². The highest BCUT2D eigenvalue weighted by molar-refractivity contribution is 6.23. The summed E-state index contributed by atoms with van der Waals surface area (Å²) in [7, 11) is 2.94. The number of halogens is 3. The molecule has 0 N–H and O–H groups in total. The van der Waals surface area contributed by atoms with E-state index in [9.17, 15) is 22.8 Å². The van der Waals surface area contributed by atoms with Crippen molar-refractivity contribution in [1.29, 1.82) is 0 Å². The Morgan fingerprint density at radius 2 is 1.74 bits per heavy atom. The first-order chi connectivity index (χ1) is 14.6. The second-order valence-corrected chi connectivity index (χ2v) is 7.17. The Bertz CT molecular complexity index is 1080. The first-order valence-corrected chi connectivity index (χ1v) is 9.52. The van der Waals surface area contributed by atoms with Gasteiger partial charge in [0.25, 0.3) is 5.91 Å². The number of carbonyl (C=O) groups excluding carboxylic acids is 2. The smallest absolute Gasteiger partial charge is 0.417 e. The molecule has 31 heavy (non-hydrogen) atoms. The summed E-state index contributed by atoms with van der Waals surface area (Å²) in [6, 6.07) is 9.16. The number of hydrogen-bond donors (Lipinski definition) is 0. The van der Waals surface area contributed by atoms with E-state index in [0.29, 0.717) is 17.7 Å². The topological polar surface area (TPSA) is 49.9 Å². The largest absolute Gasteiger partial charge is 0.497 e. The van der Waals surface area contributed by atoms with Crippen LogP contribution in [0, 0.1) is 11.8 Å². The van der Waals surface area contributed by atoms with Crippen molar-refractivity contribution in [3.63, 3.8) is 0 Å². The van der Waals surface area contributed by atoms with Crippen molar-refractivity contribution in [2.24, 2.45) is 0 Å². The first-order valence-electron chi connectivity index (χ1n) is 9.52. The lowest BCUT2D eigenvalue weighted by Crippen LogP contribution is -2.42. The van der Waals surface area contributed by atoms with Crippen molar-refractivity contribution >= 4 is 17.6 Å². The van der Waals surface area contributed by atoms with Crippen LogP contribution < -0.4 is 9.64 Å². The van der Waals surface area contributed by atoms with E-state index in [0.717, 1.165) is 11.0 Å². The number of imide groups is 1. The van der Waals surface area contributed by atoms with Crippen LogP contribution in [0.5, 0.6) is 5.75 Å². The molecule has 5 nitrogen and oxygen atoms in total. The van der Waals surface area contributed by atoms with Gasteiger partial charge in [-0.1, -0.05) is 30.9 Å². The minimum Gasteiger partial charge on any atom is -0.497 e. The van der Waals surface area contributed by atoms with E-state index in [1.807, 2.05) is 0 Å². The molecule has 1 aliphatic heterocycles. The Labute approximate surface area is 178 Å². The van der Waals surface area contributed by atoms with Gasteiger partial charge in [0.15, 0.2) is 0 Å². The number of nitrogens with zero attached hydrogens (tertiary/aromatic N) is 2. The third-order valence-corrected chi connectivity index (χ3v) is 5.39. The minimum atomic E-state index is -4.69. The number of hydrogen-bond acceptors (Lipinski definition) is 3. The van der Waals surface area contributed by atoms with Gasteiger partial charge in [-0.05, 0) is 42.8 Å². The summed E-state index contributed by atoms with van der Waals surface area (Å²) >= 11 is 0. The average molecular weight is 430 g/mol. The highest BCUT2D eigenvalue weighted by Gasteiger charge is 2.54. The van der Waals surface area contributed by atoms with Crippen LogP contribution in [0.15, 0.2) is 42.5 Å². The Balaban J connectivity index is 2.09. The average Bonchev–Trinajstić information content (AvgIpc) is 2.92. The van der Waals surface area contributed by atoms with Crippen LogP contribution in [-0.4, -0.2) is 31.0 Å². The summed E-state index contributed by atoms with van der Waals surface area (Å²) < 4.78 is 46.0. The molecule has 8 heteroatoms. The maximum absolute atomic E-state index is 13.6. The molecule has 1 aliphatic rings. The lowest BCUT2D eigenvalue weighted by Gasteiger charge is -2.29. The standard InChI is InChI=1S/C23H21F3N2O3/c1-5-6-7-15-8-11-17(14-19(15)23(24,25)26)28-20(29)22(2,27(3)21(28)30)16-9-12-18(31-4)13-10-16/h8-14H,5H2,1-4H3. The zero-order chi connectivity index (χ0) is 23.0. The van der Waals surface area contributed by atoms with Crippen molar-refractivity contribution in [2.75, 3.05) is 19.1 Å². The summed E-state index contributed by atoms with van der Waals surface area (Å²) in [5.41, 5.74) is -2.23. The van der Waals surface area contributed by atoms with Gasteiger partial charge in [0.1, 0.15) is 11.3 Å². The maximum Gasteiger partial charge on any atom is 0.417 e. The Morgan fingerprint density at radius 3 is 2.29 bits per heavy atom. The molecule has 3 rings (SSSR count). The predicted octanol–water partition coefficient (Wildman–Crippen LogP) is 4.79. The summed E-state index contributed by atoms with van der Waals surface area (Å²) in [5.74, 6) is 5.03. The van der Waals surface area contributed by atoms with Crippen molar-refractivity contribution in [3.8, 4) is 17.6 Å². The molecule has 1 fully saturated rings. The van der Waals surface area contributed by atoms with Gasteiger partial charge in [0.05, 0.1) is 18.4 Å². The second kappa shape index (κ2) is 7.99. The molecular weight excluding hydrogens is 409 g/mol. The first kappa shape index (κ1) is 22.2. The van der Waals surface area contributed by atoms with Gasteiger partial charge in [-0.2, -0.15) is 13.2 Å². The lowest BCUT2D eigenvalue weighted by molar-refractivity contribution is -0.137. The van der Waals surface area contributed by atoms with Crippen LogP contribution in [0.25, 0.3) is 0 Å². The lowest BCUT2D eigenvalue weighted by atomic mass is 9.90. The summed E-state index contributed by atoms with van der Waals surface area (Å²) in [5, 5.41) is 0. The van der Waals surface area contributed by atoms with Gasteiger partial charge in [0.2, 0.25) is 0 Å². The zero-order valence-electron chi connectivity index (χ0n) is 17.5. The molecule has 1 saturated heterocycles.